The summed E-state index contributed by atoms with van der Waals surface area (Å²) in [5.74, 6) is 0.647. The Morgan fingerprint density at radius 2 is 1.61 bits per heavy atom. The number of aromatic nitrogens is 5. The number of benzene rings is 2. The minimum Gasteiger partial charge on any atom is -0.307 e. The molecule has 0 saturated heterocycles. The lowest BCUT2D eigenvalue weighted by molar-refractivity contribution is 0.638. The highest BCUT2D eigenvalue weighted by Gasteiger charge is 2.22. The summed E-state index contributed by atoms with van der Waals surface area (Å²) in [7, 11) is 1.66. The summed E-state index contributed by atoms with van der Waals surface area (Å²) in [5.41, 5.74) is 3.13. The molecule has 5 rings (SSSR count). The second kappa shape index (κ2) is 7.12. The van der Waals surface area contributed by atoms with Crippen molar-refractivity contribution in [3.63, 3.8) is 0 Å². The molecule has 0 bridgehead atoms. The van der Waals surface area contributed by atoms with E-state index in [1.54, 1.807) is 7.05 Å². The molecular weight excluding hydrogens is 390 g/mol. The van der Waals surface area contributed by atoms with Gasteiger partial charge >= 0.3 is 5.69 Å². The van der Waals surface area contributed by atoms with E-state index in [4.69, 9.17) is 4.98 Å². The van der Waals surface area contributed by atoms with Crippen LogP contribution >= 0.6 is 0 Å². The number of rotatable bonds is 4. The van der Waals surface area contributed by atoms with Crippen molar-refractivity contribution in [2.45, 2.75) is 26.4 Å². The second-order valence-electron chi connectivity index (χ2n) is 7.90. The lowest BCUT2D eigenvalue weighted by atomic mass is 10.1. The monoisotopic (exact) mass is 413 g/mol. The fraction of sp³-hybridized carbons (Fsp3) is 0.208. The summed E-state index contributed by atoms with van der Waals surface area (Å²) in [6.45, 7) is 4.33. The van der Waals surface area contributed by atoms with Crippen molar-refractivity contribution in [2.75, 3.05) is 0 Å². The van der Waals surface area contributed by atoms with Gasteiger partial charge in [-0.1, -0.05) is 60.7 Å². The Bertz CT molecular complexity index is 1520. The Labute approximate surface area is 178 Å². The van der Waals surface area contributed by atoms with E-state index in [-0.39, 0.29) is 23.8 Å². The molecule has 0 unspecified atom stereocenters. The molecule has 1 atom stereocenters. The van der Waals surface area contributed by atoms with E-state index in [2.05, 4.69) is 23.6 Å². The van der Waals surface area contributed by atoms with E-state index in [0.29, 0.717) is 16.9 Å². The van der Waals surface area contributed by atoms with Gasteiger partial charge in [-0.05, 0) is 25.0 Å². The normalized spacial score (nSPS) is 12.6. The van der Waals surface area contributed by atoms with Gasteiger partial charge in [-0.3, -0.25) is 18.3 Å². The van der Waals surface area contributed by atoms with Crippen LogP contribution in [0.4, 0.5) is 0 Å². The topological polar surface area (TPSA) is 66.2 Å². The fourth-order valence-corrected chi connectivity index (χ4v) is 4.29. The van der Waals surface area contributed by atoms with Gasteiger partial charge in [0, 0.05) is 18.9 Å². The van der Waals surface area contributed by atoms with Gasteiger partial charge in [0.25, 0.3) is 5.56 Å². The molecule has 0 aliphatic carbocycles. The Morgan fingerprint density at radius 1 is 0.968 bits per heavy atom. The van der Waals surface area contributed by atoms with E-state index in [0.717, 1.165) is 16.8 Å². The van der Waals surface area contributed by atoms with Gasteiger partial charge in [-0.2, -0.15) is 4.98 Å². The summed E-state index contributed by atoms with van der Waals surface area (Å²) in [6, 6.07) is 19.7. The molecule has 31 heavy (non-hydrogen) atoms. The van der Waals surface area contributed by atoms with Gasteiger partial charge in [0.05, 0.1) is 12.6 Å². The maximum absolute atomic E-state index is 13.4. The molecule has 0 N–H and O–H groups in total. The first kappa shape index (κ1) is 19.1. The highest BCUT2D eigenvalue weighted by Crippen LogP contribution is 2.25. The minimum atomic E-state index is -0.374. The van der Waals surface area contributed by atoms with Crippen molar-refractivity contribution >= 4 is 16.9 Å². The maximum atomic E-state index is 13.4. The highest BCUT2D eigenvalue weighted by atomic mass is 16.2. The smallest absolute Gasteiger partial charge is 0.307 e. The summed E-state index contributed by atoms with van der Waals surface area (Å²) in [6.07, 6.45) is 1.92. The molecule has 0 aliphatic rings. The van der Waals surface area contributed by atoms with E-state index in [1.807, 2.05) is 66.1 Å². The van der Waals surface area contributed by atoms with Crippen molar-refractivity contribution in [1.82, 2.24) is 23.1 Å². The van der Waals surface area contributed by atoms with E-state index in [9.17, 15) is 9.59 Å². The first-order valence-corrected chi connectivity index (χ1v) is 10.3. The van der Waals surface area contributed by atoms with Gasteiger partial charge in [0.2, 0.25) is 5.78 Å². The van der Waals surface area contributed by atoms with Crippen LogP contribution in [0.3, 0.4) is 0 Å². The van der Waals surface area contributed by atoms with Crippen LogP contribution in [0.15, 0.2) is 76.4 Å². The largest absolute Gasteiger partial charge is 0.332 e. The summed E-state index contributed by atoms with van der Waals surface area (Å²) in [4.78, 5) is 31.1. The molecule has 0 fully saturated rings. The van der Waals surface area contributed by atoms with Crippen LogP contribution in [0.5, 0.6) is 0 Å². The van der Waals surface area contributed by atoms with Crippen LogP contribution in [0, 0.1) is 6.92 Å². The molecule has 0 amide bonds. The zero-order chi connectivity index (χ0) is 21.7. The molecule has 2 aromatic carbocycles. The van der Waals surface area contributed by atoms with Gasteiger partial charge in [0.1, 0.15) is 0 Å². The standard InChI is InChI=1S/C24H23N5O2/c1-16-14-27-20-21(25-23(27)29(16)17(2)19-12-8-5-9-13-19)26(3)24(31)28(22(20)30)15-18-10-6-4-7-11-18/h4-14,17H,15H2,1-3H3/t17-/m0/s1. The number of hydrogen-bond acceptors (Lipinski definition) is 3. The van der Waals surface area contributed by atoms with E-state index >= 15 is 0 Å². The van der Waals surface area contributed by atoms with Crippen molar-refractivity contribution in [1.29, 1.82) is 0 Å². The Morgan fingerprint density at radius 3 is 2.29 bits per heavy atom. The van der Waals surface area contributed by atoms with Crippen molar-refractivity contribution in [3.05, 3.63) is 105 Å². The quantitative estimate of drug-likeness (QED) is 0.455. The number of imidazole rings is 2. The zero-order valence-corrected chi connectivity index (χ0v) is 17.7. The zero-order valence-electron chi connectivity index (χ0n) is 17.7. The molecular formula is C24H23N5O2. The number of hydrogen-bond donors (Lipinski definition) is 0. The number of fused-ring (bicyclic) bond motifs is 3. The van der Waals surface area contributed by atoms with Crippen LogP contribution in [0.2, 0.25) is 0 Å². The Kier molecular flexibility index (Phi) is 4.39. The fourth-order valence-electron chi connectivity index (χ4n) is 4.29. The van der Waals surface area contributed by atoms with Gasteiger partial charge in [-0.15, -0.1) is 0 Å². The highest BCUT2D eigenvalue weighted by molar-refractivity contribution is 5.75. The SMILES string of the molecule is Cc1cn2c3c(=O)n(Cc4ccccc4)c(=O)n(C)c3nc2n1[C@@H](C)c1ccccc1. The van der Waals surface area contributed by atoms with Crippen molar-refractivity contribution in [3.8, 4) is 0 Å². The van der Waals surface area contributed by atoms with Crippen LogP contribution in [-0.4, -0.2) is 23.1 Å². The average Bonchev–Trinajstić information content (AvgIpc) is 3.30. The van der Waals surface area contributed by atoms with Crippen molar-refractivity contribution < 1.29 is 0 Å². The first-order valence-electron chi connectivity index (χ1n) is 10.3. The first-order chi connectivity index (χ1) is 15.0. The molecule has 3 aromatic heterocycles. The molecule has 5 aromatic rings. The molecule has 3 heterocycles. The Balaban J connectivity index is 1.76. The molecule has 0 radical (unpaired) electrons. The lowest BCUT2D eigenvalue weighted by Gasteiger charge is -2.16. The molecule has 0 saturated carbocycles. The summed E-state index contributed by atoms with van der Waals surface area (Å²) < 4.78 is 6.65. The Hall–Kier alpha value is -3.87. The minimum absolute atomic E-state index is 0.0269. The van der Waals surface area contributed by atoms with E-state index in [1.165, 1.54) is 9.13 Å². The summed E-state index contributed by atoms with van der Waals surface area (Å²) in [5, 5.41) is 0. The predicted molar refractivity (Wildman–Crippen MR) is 121 cm³/mol. The van der Waals surface area contributed by atoms with Gasteiger partial charge in [-0.25, -0.2) is 4.79 Å². The third kappa shape index (κ3) is 2.92. The maximum Gasteiger partial charge on any atom is 0.332 e. The summed E-state index contributed by atoms with van der Waals surface area (Å²) >= 11 is 0. The number of aryl methyl sites for hydroxylation is 2. The van der Waals surface area contributed by atoms with Crippen LogP contribution < -0.4 is 11.2 Å². The molecule has 0 spiro atoms. The second-order valence-corrected chi connectivity index (χ2v) is 7.90. The van der Waals surface area contributed by atoms with Crippen molar-refractivity contribution in [2.24, 2.45) is 7.05 Å². The van der Waals surface area contributed by atoms with Crippen LogP contribution in [-0.2, 0) is 13.6 Å². The van der Waals surface area contributed by atoms with Crippen LogP contribution in [0.1, 0.15) is 29.8 Å². The molecule has 156 valence electrons. The molecule has 7 heteroatoms. The molecule has 7 nitrogen and oxygen atoms in total. The third-order valence-corrected chi connectivity index (χ3v) is 5.92. The van der Waals surface area contributed by atoms with Gasteiger partial charge in [0.15, 0.2) is 11.2 Å². The average molecular weight is 413 g/mol. The number of nitrogens with zero attached hydrogens (tertiary/aromatic N) is 5. The third-order valence-electron chi connectivity index (χ3n) is 5.92. The lowest BCUT2D eigenvalue weighted by Crippen LogP contribution is -2.39. The predicted octanol–water partition coefficient (Wildman–Crippen LogP) is 3.12. The van der Waals surface area contributed by atoms with Gasteiger partial charge < -0.3 is 4.57 Å². The van der Waals surface area contributed by atoms with E-state index < -0.39 is 0 Å². The molecule has 0 aliphatic heterocycles. The van der Waals surface area contributed by atoms with Crippen LogP contribution in [0.25, 0.3) is 16.9 Å².